The number of aryl methyl sites for hydroxylation is 2. The number of nitrogens with zero attached hydrogens (tertiary/aromatic N) is 3. The number of hydrogen-bond acceptors (Lipinski definition) is 3. The number of pyridine rings is 1. The summed E-state index contributed by atoms with van der Waals surface area (Å²) in [6, 6.07) is 12.2. The second-order valence-corrected chi connectivity index (χ2v) is 5.33. The molecule has 0 aliphatic heterocycles. The van der Waals surface area contributed by atoms with Gasteiger partial charge in [0.15, 0.2) is 0 Å². The van der Waals surface area contributed by atoms with Gasteiger partial charge in [0.2, 0.25) is 0 Å². The van der Waals surface area contributed by atoms with Gasteiger partial charge in [-0.25, -0.2) is 0 Å². The van der Waals surface area contributed by atoms with E-state index in [1.54, 1.807) is 0 Å². The summed E-state index contributed by atoms with van der Waals surface area (Å²) in [4.78, 5) is 4.39. The van der Waals surface area contributed by atoms with E-state index in [-0.39, 0.29) is 6.04 Å². The van der Waals surface area contributed by atoms with Gasteiger partial charge in [0.1, 0.15) is 0 Å². The van der Waals surface area contributed by atoms with Crippen molar-refractivity contribution in [2.24, 2.45) is 12.8 Å². The van der Waals surface area contributed by atoms with Gasteiger partial charge in [-0.3, -0.25) is 9.67 Å². The van der Waals surface area contributed by atoms with E-state index < -0.39 is 0 Å². The first-order valence-corrected chi connectivity index (χ1v) is 7.30. The smallest absolute Gasteiger partial charge is 0.0705 e. The van der Waals surface area contributed by atoms with E-state index >= 15 is 0 Å². The third-order valence-electron chi connectivity index (χ3n) is 3.90. The van der Waals surface area contributed by atoms with Crippen molar-refractivity contribution in [3.8, 4) is 0 Å². The Morgan fingerprint density at radius 1 is 1.24 bits per heavy atom. The molecule has 0 amide bonds. The molecule has 0 aliphatic rings. The van der Waals surface area contributed by atoms with Gasteiger partial charge in [-0.15, -0.1) is 0 Å². The van der Waals surface area contributed by atoms with Crippen LogP contribution in [0.25, 0.3) is 10.9 Å². The van der Waals surface area contributed by atoms with Crippen molar-refractivity contribution in [3.63, 3.8) is 0 Å². The van der Waals surface area contributed by atoms with Gasteiger partial charge in [0.25, 0.3) is 0 Å². The van der Waals surface area contributed by atoms with Crippen LogP contribution in [0.4, 0.5) is 0 Å². The monoisotopic (exact) mass is 280 g/mol. The number of aromatic nitrogens is 3. The van der Waals surface area contributed by atoms with Crippen LogP contribution in [0.15, 0.2) is 42.6 Å². The minimum Gasteiger partial charge on any atom is -0.324 e. The van der Waals surface area contributed by atoms with E-state index in [1.165, 1.54) is 5.69 Å². The highest BCUT2D eigenvalue weighted by atomic mass is 15.3. The van der Waals surface area contributed by atoms with Crippen molar-refractivity contribution in [2.75, 3.05) is 0 Å². The number of hydrogen-bond donors (Lipinski definition) is 1. The maximum Gasteiger partial charge on any atom is 0.0705 e. The summed E-state index contributed by atoms with van der Waals surface area (Å²) in [6.45, 7) is 2.11. The molecule has 1 unspecified atom stereocenters. The van der Waals surface area contributed by atoms with Crippen LogP contribution in [0, 0.1) is 0 Å². The number of fused-ring (bicyclic) bond motifs is 1. The van der Waals surface area contributed by atoms with Crippen molar-refractivity contribution in [2.45, 2.75) is 25.8 Å². The lowest BCUT2D eigenvalue weighted by molar-refractivity contribution is 0.640. The van der Waals surface area contributed by atoms with E-state index in [2.05, 4.69) is 35.2 Å². The maximum atomic E-state index is 6.44. The summed E-state index contributed by atoms with van der Waals surface area (Å²) in [6.07, 6.45) is 3.53. The fourth-order valence-electron chi connectivity index (χ4n) is 2.72. The zero-order valence-electron chi connectivity index (χ0n) is 12.5. The largest absolute Gasteiger partial charge is 0.324 e. The van der Waals surface area contributed by atoms with Gasteiger partial charge in [-0.2, -0.15) is 5.10 Å². The highest BCUT2D eigenvalue weighted by molar-refractivity contribution is 5.82. The summed E-state index contributed by atoms with van der Waals surface area (Å²) in [5.74, 6) is 0. The molecule has 2 heterocycles. The van der Waals surface area contributed by atoms with Crippen LogP contribution in [0.2, 0.25) is 0 Å². The Kier molecular flexibility index (Phi) is 3.71. The summed E-state index contributed by atoms with van der Waals surface area (Å²) in [7, 11) is 1.98. The van der Waals surface area contributed by atoms with Crippen molar-refractivity contribution in [1.29, 1.82) is 0 Å². The average molecular weight is 280 g/mol. The number of rotatable bonds is 4. The molecule has 3 aromatic rings. The first kappa shape index (κ1) is 13.8. The topological polar surface area (TPSA) is 56.7 Å². The standard InChI is InChI=1S/C17H20N4/c1-3-12-10-13(21(2)20-12)11-16(18)14-6-4-8-17-15(14)7-5-9-19-17/h4-10,16H,3,11,18H2,1-2H3. The molecular formula is C17H20N4. The molecule has 0 saturated carbocycles. The molecule has 0 spiro atoms. The molecule has 2 aromatic heterocycles. The second-order valence-electron chi connectivity index (χ2n) is 5.33. The molecule has 0 aliphatic carbocycles. The first-order valence-electron chi connectivity index (χ1n) is 7.30. The van der Waals surface area contributed by atoms with Gasteiger partial charge in [0, 0.05) is 36.8 Å². The minimum absolute atomic E-state index is 0.0574. The van der Waals surface area contributed by atoms with Gasteiger partial charge in [-0.1, -0.05) is 25.1 Å². The SMILES string of the molecule is CCc1cc(CC(N)c2cccc3ncccc23)n(C)n1. The van der Waals surface area contributed by atoms with Gasteiger partial charge in [-0.05, 0) is 30.2 Å². The van der Waals surface area contributed by atoms with Crippen LogP contribution >= 0.6 is 0 Å². The van der Waals surface area contributed by atoms with Crippen LogP contribution in [0.5, 0.6) is 0 Å². The minimum atomic E-state index is -0.0574. The maximum absolute atomic E-state index is 6.44. The fourth-order valence-corrected chi connectivity index (χ4v) is 2.72. The third kappa shape index (κ3) is 2.67. The van der Waals surface area contributed by atoms with Crippen LogP contribution in [-0.2, 0) is 19.9 Å². The molecule has 0 radical (unpaired) electrons. The summed E-state index contributed by atoms with van der Waals surface area (Å²) in [5.41, 5.74) is 10.9. The highest BCUT2D eigenvalue weighted by Crippen LogP contribution is 2.24. The molecule has 108 valence electrons. The van der Waals surface area contributed by atoms with E-state index in [4.69, 9.17) is 5.73 Å². The molecule has 0 fully saturated rings. The van der Waals surface area contributed by atoms with Crippen LogP contribution in [-0.4, -0.2) is 14.8 Å². The predicted molar refractivity (Wildman–Crippen MR) is 85.0 cm³/mol. The quantitative estimate of drug-likeness (QED) is 0.799. The number of benzene rings is 1. The van der Waals surface area contributed by atoms with Crippen LogP contribution in [0.3, 0.4) is 0 Å². The van der Waals surface area contributed by atoms with Gasteiger partial charge in [0.05, 0.1) is 11.2 Å². The second kappa shape index (κ2) is 5.66. The van der Waals surface area contributed by atoms with Crippen LogP contribution in [0.1, 0.15) is 29.9 Å². The highest BCUT2D eigenvalue weighted by Gasteiger charge is 2.13. The Hall–Kier alpha value is -2.20. The molecule has 2 N–H and O–H groups in total. The van der Waals surface area contributed by atoms with Crippen molar-refractivity contribution >= 4 is 10.9 Å². The van der Waals surface area contributed by atoms with Crippen molar-refractivity contribution in [3.05, 3.63) is 59.5 Å². The van der Waals surface area contributed by atoms with Crippen molar-refractivity contribution in [1.82, 2.24) is 14.8 Å². The Bertz CT molecular complexity index is 755. The lowest BCUT2D eigenvalue weighted by Gasteiger charge is -2.14. The summed E-state index contributed by atoms with van der Waals surface area (Å²) >= 11 is 0. The molecule has 4 nitrogen and oxygen atoms in total. The predicted octanol–water partition coefficient (Wildman–Crippen LogP) is 2.77. The van der Waals surface area contributed by atoms with Crippen LogP contribution < -0.4 is 5.73 Å². The van der Waals surface area contributed by atoms with E-state index in [0.717, 1.165) is 35.0 Å². The molecular weight excluding hydrogens is 260 g/mol. The van der Waals surface area contributed by atoms with Gasteiger partial charge < -0.3 is 5.73 Å². The normalized spacial score (nSPS) is 12.7. The van der Waals surface area contributed by atoms with Gasteiger partial charge >= 0.3 is 0 Å². The van der Waals surface area contributed by atoms with E-state index in [0.29, 0.717) is 0 Å². The zero-order valence-corrected chi connectivity index (χ0v) is 12.5. The van der Waals surface area contributed by atoms with E-state index in [1.807, 2.05) is 36.1 Å². The Morgan fingerprint density at radius 2 is 2.10 bits per heavy atom. The van der Waals surface area contributed by atoms with E-state index in [9.17, 15) is 0 Å². The fraction of sp³-hybridized carbons (Fsp3) is 0.294. The Morgan fingerprint density at radius 3 is 2.86 bits per heavy atom. The summed E-state index contributed by atoms with van der Waals surface area (Å²) < 4.78 is 1.93. The zero-order chi connectivity index (χ0) is 14.8. The average Bonchev–Trinajstić information content (AvgIpc) is 2.87. The molecule has 4 heteroatoms. The molecule has 1 aromatic carbocycles. The lowest BCUT2D eigenvalue weighted by Crippen LogP contribution is -2.15. The summed E-state index contributed by atoms with van der Waals surface area (Å²) in [5, 5.41) is 5.62. The molecule has 0 bridgehead atoms. The third-order valence-corrected chi connectivity index (χ3v) is 3.90. The molecule has 21 heavy (non-hydrogen) atoms. The first-order chi connectivity index (χ1) is 10.2. The Labute approximate surface area is 124 Å². The molecule has 1 atom stereocenters. The van der Waals surface area contributed by atoms with Crippen molar-refractivity contribution < 1.29 is 0 Å². The number of nitrogens with two attached hydrogens (primary N) is 1. The lowest BCUT2D eigenvalue weighted by atomic mass is 9.98. The molecule has 0 saturated heterocycles. The molecule has 3 rings (SSSR count). The Balaban J connectivity index is 1.93.